The van der Waals surface area contributed by atoms with Crippen molar-refractivity contribution in [3.63, 3.8) is 0 Å². The number of fused-ring (bicyclic) bond motifs is 4. The Morgan fingerprint density at radius 1 is 0.812 bits per heavy atom. The number of para-hydroxylation sites is 2. The molecule has 0 N–H and O–H groups in total. The van der Waals surface area contributed by atoms with Crippen molar-refractivity contribution < 1.29 is 4.42 Å². The lowest BCUT2D eigenvalue weighted by molar-refractivity contribution is 0.669. The van der Waals surface area contributed by atoms with E-state index in [4.69, 9.17) is 9.40 Å². The first-order chi connectivity index (χ1) is 15.5. The Balaban J connectivity index is 1.67. The lowest BCUT2D eigenvalue weighted by atomic mass is 10.1. The van der Waals surface area contributed by atoms with Crippen LogP contribution in [0.4, 0.5) is 0 Å². The molecule has 3 aromatic carbocycles. The van der Waals surface area contributed by atoms with Gasteiger partial charge in [-0.1, -0.05) is 67.3 Å². The maximum absolute atomic E-state index is 6.50. The Bertz CT molecular complexity index is 1610. The van der Waals surface area contributed by atoms with Crippen LogP contribution in [0.25, 0.3) is 50.0 Å². The second-order valence-corrected chi connectivity index (χ2v) is 14.2. The first-order valence-electron chi connectivity index (χ1n) is 10.7. The minimum absolute atomic E-state index is 0.799. The molecule has 0 amide bonds. The van der Waals surface area contributed by atoms with Crippen LogP contribution in [0.15, 0.2) is 83.5 Å². The molecule has 32 heavy (non-hydrogen) atoms. The Morgan fingerprint density at radius 3 is 2.44 bits per heavy atom. The zero-order chi connectivity index (χ0) is 21.9. The summed E-state index contributed by atoms with van der Waals surface area (Å²) in [4.78, 5) is 4.94. The van der Waals surface area contributed by atoms with E-state index in [1.54, 1.807) is 12.4 Å². The van der Waals surface area contributed by atoms with E-state index in [0.29, 0.717) is 0 Å². The molecule has 6 heteroatoms. The number of aromatic nitrogens is 4. The molecule has 0 atom stereocenters. The standard InChI is InChI=1S/C26H22N4OSi/c1-32(2,3)18-12-13-19-20-10-7-11-21(25(20)31-24(19)14-18)26-29-22-15-27-28-16-23(22)30(26)17-8-5-4-6-9-17/h4-16H,1-3H3. The normalized spacial score (nSPS) is 12.2. The lowest BCUT2D eigenvalue weighted by Crippen LogP contribution is -2.37. The number of hydrogen-bond acceptors (Lipinski definition) is 4. The van der Waals surface area contributed by atoms with E-state index < -0.39 is 8.07 Å². The quantitative estimate of drug-likeness (QED) is 0.324. The van der Waals surface area contributed by atoms with Gasteiger partial charge in [-0.2, -0.15) is 10.2 Å². The monoisotopic (exact) mass is 434 g/mol. The topological polar surface area (TPSA) is 56.7 Å². The third kappa shape index (κ3) is 2.87. The molecular weight excluding hydrogens is 412 g/mol. The van der Waals surface area contributed by atoms with Gasteiger partial charge in [0.15, 0.2) is 0 Å². The molecule has 6 aromatic rings. The van der Waals surface area contributed by atoms with E-state index in [-0.39, 0.29) is 0 Å². The van der Waals surface area contributed by atoms with Crippen molar-refractivity contribution in [1.29, 1.82) is 0 Å². The molecule has 0 aliphatic carbocycles. The van der Waals surface area contributed by atoms with Gasteiger partial charge in [0, 0.05) is 16.5 Å². The van der Waals surface area contributed by atoms with Crippen molar-refractivity contribution >= 4 is 46.2 Å². The summed E-state index contributed by atoms with van der Waals surface area (Å²) in [6, 6.07) is 23.2. The summed E-state index contributed by atoms with van der Waals surface area (Å²) in [5.74, 6) is 0.816. The average molecular weight is 435 g/mol. The number of benzene rings is 3. The second kappa shape index (κ2) is 6.87. The highest BCUT2D eigenvalue weighted by molar-refractivity contribution is 6.88. The minimum Gasteiger partial charge on any atom is -0.455 e. The van der Waals surface area contributed by atoms with Gasteiger partial charge in [-0.05, 0) is 24.3 Å². The van der Waals surface area contributed by atoms with E-state index in [1.807, 2.05) is 18.2 Å². The molecule has 0 fully saturated rings. The minimum atomic E-state index is -1.44. The molecule has 6 rings (SSSR count). The van der Waals surface area contributed by atoms with E-state index in [1.165, 1.54) is 5.19 Å². The molecule has 0 aliphatic rings. The predicted molar refractivity (Wildman–Crippen MR) is 132 cm³/mol. The van der Waals surface area contributed by atoms with Crippen LogP contribution in [0.3, 0.4) is 0 Å². The van der Waals surface area contributed by atoms with Crippen LogP contribution in [-0.4, -0.2) is 27.8 Å². The van der Waals surface area contributed by atoms with Gasteiger partial charge in [-0.3, -0.25) is 4.57 Å². The van der Waals surface area contributed by atoms with Gasteiger partial charge in [-0.25, -0.2) is 4.98 Å². The predicted octanol–water partition coefficient (Wildman–Crippen LogP) is 5.93. The summed E-state index contributed by atoms with van der Waals surface area (Å²) in [6.45, 7) is 7.06. The maximum Gasteiger partial charge on any atom is 0.149 e. The summed E-state index contributed by atoms with van der Waals surface area (Å²) >= 11 is 0. The smallest absolute Gasteiger partial charge is 0.149 e. The van der Waals surface area contributed by atoms with Crippen LogP contribution < -0.4 is 5.19 Å². The van der Waals surface area contributed by atoms with Gasteiger partial charge in [0.25, 0.3) is 0 Å². The van der Waals surface area contributed by atoms with E-state index in [2.05, 4.69) is 82.9 Å². The third-order valence-electron chi connectivity index (χ3n) is 5.99. The Morgan fingerprint density at radius 2 is 1.62 bits per heavy atom. The number of imidazole rings is 1. The Kier molecular flexibility index (Phi) is 4.07. The van der Waals surface area contributed by atoms with Gasteiger partial charge in [-0.15, -0.1) is 0 Å². The molecule has 3 heterocycles. The van der Waals surface area contributed by atoms with Crippen molar-refractivity contribution in [2.24, 2.45) is 0 Å². The van der Waals surface area contributed by atoms with Gasteiger partial charge < -0.3 is 4.42 Å². The van der Waals surface area contributed by atoms with Gasteiger partial charge >= 0.3 is 0 Å². The summed E-state index contributed by atoms with van der Waals surface area (Å²) in [5, 5.41) is 11.8. The lowest BCUT2D eigenvalue weighted by Gasteiger charge is -2.15. The van der Waals surface area contributed by atoms with Crippen molar-refractivity contribution in [3.05, 3.63) is 79.1 Å². The van der Waals surface area contributed by atoms with Gasteiger partial charge in [0.1, 0.15) is 22.5 Å². The van der Waals surface area contributed by atoms with Crippen LogP contribution >= 0.6 is 0 Å². The van der Waals surface area contributed by atoms with Crippen molar-refractivity contribution in [2.45, 2.75) is 19.6 Å². The van der Waals surface area contributed by atoms with Gasteiger partial charge in [0.2, 0.25) is 0 Å². The fourth-order valence-electron chi connectivity index (χ4n) is 4.30. The van der Waals surface area contributed by atoms with E-state index in [9.17, 15) is 0 Å². The van der Waals surface area contributed by atoms with E-state index in [0.717, 1.165) is 50.0 Å². The fraction of sp³-hybridized carbons (Fsp3) is 0.115. The highest BCUT2D eigenvalue weighted by Gasteiger charge is 2.21. The molecule has 3 aromatic heterocycles. The number of hydrogen-bond donors (Lipinski definition) is 0. The van der Waals surface area contributed by atoms with Crippen molar-refractivity contribution in [2.75, 3.05) is 0 Å². The first kappa shape index (κ1) is 19.0. The molecule has 0 saturated heterocycles. The summed E-state index contributed by atoms with van der Waals surface area (Å²) < 4.78 is 8.62. The summed E-state index contributed by atoms with van der Waals surface area (Å²) in [7, 11) is -1.44. The Hall–Kier alpha value is -3.77. The Labute approximate surface area is 186 Å². The molecule has 0 bridgehead atoms. The van der Waals surface area contributed by atoms with E-state index >= 15 is 0 Å². The zero-order valence-corrected chi connectivity index (χ0v) is 19.2. The third-order valence-corrected chi connectivity index (χ3v) is 8.03. The molecular formula is C26H22N4OSi. The fourth-order valence-corrected chi connectivity index (χ4v) is 5.45. The highest BCUT2D eigenvalue weighted by Crippen LogP contribution is 2.37. The SMILES string of the molecule is C[Si](C)(C)c1ccc2c(c1)oc1c(-c3nc4cnncc4n3-c3ccccc3)cccc12. The average Bonchev–Trinajstić information content (AvgIpc) is 3.37. The zero-order valence-electron chi connectivity index (χ0n) is 18.2. The van der Waals surface area contributed by atoms with Crippen LogP contribution in [0.5, 0.6) is 0 Å². The molecule has 156 valence electrons. The molecule has 0 saturated carbocycles. The molecule has 5 nitrogen and oxygen atoms in total. The van der Waals surface area contributed by atoms with Crippen LogP contribution in [0.2, 0.25) is 19.6 Å². The van der Waals surface area contributed by atoms with Crippen molar-refractivity contribution in [1.82, 2.24) is 19.7 Å². The summed E-state index contributed by atoms with van der Waals surface area (Å²) in [6.07, 6.45) is 3.47. The van der Waals surface area contributed by atoms with Crippen molar-refractivity contribution in [3.8, 4) is 17.1 Å². The van der Waals surface area contributed by atoms with Crippen LogP contribution in [0.1, 0.15) is 0 Å². The largest absolute Gasteiger partial charge is 0.455 e. The highest BCUT2D eigenvalue weighted by atomic mass is 28.3. The molecule has 0 radical (unpaired) electrons. The summed E-state index contributed by atoms with van der Waals surface area (Å²) in [5.41, 5.74) is 5.46. The first-order valence-corrected chi connectivity index (χ1v) is 14.2. The number of rotatable bonds is 3. The van der Waals surface area contributed by atoms with Gasteiger partial charge in [0.05, 0.1) is 31.5 Å². The molecule has 0 unspecified atom stereocenters. The van der Waals surface area contributed by atoms with Crippen LogP contribution in [0, 0.1) is 0 Å². The molecule has 0 spiro atoms. The molecule has 0 aliphatic heterocycles. The second-order valence-electron chi connectivity index (χ2n) is 9.11. The number of nitrogens with zero attached hydrogens (tertiary/aromatic N) is 4. The number of furan rings is 1. The maximum atomic E-state index is 6.50. The van der Waals surface area contributed by atoms with Crippen LogP contribution in [-0.2, 0) is 0 Å².